The van der Waals surface area contributed by atoms with Crippen LogP contribution in [0.4, 0.5) is 0 Å². The van der Waals surface area contributed by atoms with Crippen molar-refractivity contribution in [2.24, 2.45) is 0 Å². The van der Waals surface area contributed by atoms with Crippen LogP contribution in [0.15, 0.2) is 0 Å². The molecule has 0 heterocycles. The van der Waals surface area contributed by atoms with Gasteiger partial charge in [-0.05, 0) is 0 Å². The molecule has 0 bridgehead atoms. The fourth-order valence-corrected chi connectivity index (χ4v) is 0. The predicted octanol–water partition coefficient (Wildman–Crippen LogP) is 0.789. The number of hydrogen-bond acceptors (Lipinski definition) is 0. The van der Waals surface area contributed by atoms with Gasteiger partial charge in [-0.2, -0.15) is 0 Å². The molecule has 40 valence electrons. The summed E-state index contributed by atoms with van der Waals surface area (Å²) in [6.07, 6.45) is 0. The summed E-state index contributed by atoms with van der Waals surface area (Å²) in [6, 6.07) is 0. The van der Waals surface area contributed by atoms with E-state index in [0.29, 0.717) is 0 Å². The third kappa shape index (κ3) is 87.2. The van der Waals surface area contributed by atoms with Gasteiger partial charge < -0.3 is 0 Å². The van der Waals surface area contributed by atoms with Crippen molar-refractivity contribution in [1.29, 1.82) is 0 Å². The second-order valence-corrected chi connectivity index (χ2v) is 0. The van der Waals surface area contributed by atoms with E-state index in [9.17, 15) is 0 Å². The van der Waals surface area contributed by atoms with Gasteiger partial charge >= 0.3 is 59.1 Å². The molecule has 0 saturated carbocycles. The Morgan fingerprint density at radius 1 is 0.857 bits per heavy atom. The summed E-state index contributed by atoms with van der Waals surface area (Å²) < 4.78 is 0. The summed E-state index contributed by atoms with van der Waals surface area (Å²) in [5.74, 6) is 0. The van der Waals surface area contributed by atoms with Crippen LogP contribution >= 0.6 is 0 Å². The third-order valence-corrected chi connectivity index (χ3v) is 0. The summed E-state index contributed by atoms with van der Waals surface area (Å²) in [7, 11) is 0. The largest absolute Gasteiger partial charge is 2.00 e. The van der Waals surface area contributed by atoms with Crippen molar-refractivity contribution in [2.45, 2.75) is 7.43 Å². The van der Waals surface area contributed by atoms with Crippen LogP contribution in [0.25, 0.3) is 0 Å². The monoisotopic (exact) mass is 248 g/mol. The van der Waals surface area contributed by atoms with E-state index in [-0.39, 0.29) is 42.1 Å². The molecule has 0 aromatic heterocycles. The molecule has 0 aliphatic heterocycles. The first-order chi connectivity index (χ1) is 2.00. The summed E-state index contributed by atoms with van der Waals surface area (Å²) in [5, 5.41) is 11.2. The minimum atomic E-state index is 0. The van der Waals surface area contributed by atoms with Gasteiger partial charge in [0.05, 0.1) is 0 Å². The van der Waals surface area contributed by atoms with Crippen molar-refractivity contribution in [3.8, 4) is 0 Å². The zero-order valence-electron chi connectivity index (χ0n) is 2.63. The van der Waals surface area contributed by atoms with Crippen molar-refractivity contribution < 1.29 is 66.0 Å². The molecule has 0 nitrogen and oxygen atoms in total. The van der Waals surface area contributed by atoms with Gasteiger partial charge in [0.2, 0.25) is 0 Å². The van der Waals surface area contributed by atoms with Crippen LogP contribution in [0.3, 0.4) is 0 Å². The average Bonchev–Trinajstić information content (AvgIpc) is 1.50. The second kappa shape index (κ2) is 121. The zero-order valence-corrected chi connectivity index (χ0v) is 7.73. The van der Waals surface area contributed by atoms with Crippen molar-refractivity contribution in [1.82, 2.24) is 0 Å². The fourth-order valence-electron chi connectivity index (χ4n) is 0. The van der Waals surface area contributed by atoms with Gasteiger partial charge in [0.1, 0.15) is 0 Å². The smallest absolute Gasteiger partial charge is 0 e. The van der Waals surface area contributed by atoms with Crippen LogP contribution in [0.1, 0.15) is 7.43 Å². The second-order valence-electron chi connectivity index (χ2n) is 0. The Kier molecular flexibility index (Phi) is 650. The Hall–Kier alpha value is 1.69. The molecule has 0 fully saturated rings. The molecule has 0 aliphatic carbocycles. The molecular formula is C3H4Cr4. The van der Waals surface area contributed by atoms with Crippen LogP contribution in [-0.4, -0.2) is 0 Å². The first-order valence-corrected chi connectivity index (χ1v) is 1.68. The van der Waals surface area contributed by atoms with E-state index in [2.05, 4.69) is 0 Å². The van der Waals surface area contributed by atoms with E-state index in [4.69, 9.17) is 10.4 Å². The summed E-state index contributed by atoms with van der Waals surface area (Å²) in [4.78, 5) is 0. The Morgan fingerprint density at radius 2 is 0.857 bits per heavy atom. The maximum absolute atomic E-state index is 5.62. The van der Waals surface area contributed by atoms with Gasteiger partial charge in [-0.1, -0.05) is 7.43 Å². The van der Waals surface area contributed by atoms with Crippen molar-refractivity contribution >= 4 is 0 Å². The third-order valence-electron chi connectivity index (χ3n) is 0. The normalized spacial score (nSPS) is 0.571. The quantitative estimate of drug-likeness (QED) is 0.556. The maximum Gasteiger partial charge on any atom is 2.00 e. The maximum atomic E-state index is 5.62. The van der Waals surface area contributed by atoms with Crippen molar-refractivity contribution in [3.05, 3.63) is 10.4 Å². The topological polar surface area (TPSA) is 0 Å². The van der Waals surface area contributed by atoms with E-state index >= 15 is 0 Å². The molecule has 4 heteroatoms. The molecule has 0 aromatic carbocycles. The van der Waals surface area contributed by atoms with Crippen LogP contribution in [0.5, 0.6) is 0 Å². The number of rotatable bonds is 0. The van der Waals surface area contributed by atoms with Crippen LogP contribution in [0.2, 0.25) is 0 Å². The fraction of sp³-hybridized carbons (Fsp3) is 0.333. The van der Waals surface area contributed by atoms with Gasteiger partial charge in [-0.15, -0.1) is 0 Å². The van der Waals surface area contributed by atoms with Gasteiger partial charge in [-0.25, -0.2) is 0 Å². The molecule has 0 N–H and O–H groups in total. The molecule has 0 radical (unpaired) electrons. The molecule has 0 amide bonds. The minimum absolute atomic E-state index is 0. The van der Waals surface area contributed by atoms with Gasteiger partial charge in [0.15, 0.2) is 0 Å². The molecular weight excluding hydrogens is 244 g/mol. The van der Waals surface area contributed by atoms with Crippen LogP contribution in [-0.2, 0) is 66.0 Å². The van der Waals surface area contributed by atoms with E-state index < -0.39 is 0 Å². The van der Waals surface area contributed by atoms with E-state index in [1.165, 1.54) is 0 Å². The van der Waals surface area contributed by atoms with Crippen LogP contribution < -0.4 is 0 Å². The Morgan fingerprint density at radius 3 is 0.857 bits per heavy atom. The molecule has 0 rings (SSSR count). The first-order valence-electron chi connectivity index (χ1n) is 0.408. The minimum Gasteiger partial charge on any atom is 0 e. The SMILES string of the molecule is C.[C-]#[Cr].[C-]#[Cr].[Cr+2].[Cr]. The zero-order chi connectivity index (χ0) is 4.00. The molecule has 7 heavy (non-hydrogen) atoms. The van der Waals surface area contributed by atoms with Crippen molar-refractivity contribution in [2.75, 3.05) is 0 Å². The molecule has 0 aromatic rings. The molecule has 0 saturated heterocycles. The van der Waals surface area contributed by atoms with Crippen molar-refractivity contribution in [3.63, 3.8) is 0 Å². The van der Waals surface area contributed by atoms with E-state index in [0.717, 1.165) is 0 Å². The Bertz CT molecular complexity index is 22.4. The first kappa shape index (κ1) is 37.7. The van der Waals surface area contributed by atoms with E-state index in [1.54, 1.807) is 0 Å². The Balaban J connectivity index is -0.00000000267. The van der Waals surface area contributed by atoms with Crippen LogP contribution in [0, 0.1) is 10.4 Å². The predicted molar refractivity (Wildman–Crippen MR) is 13.2 cm³/mol. The summed E-state index contributed by atoms with van der Waals surface area (Å²) in [6.45, 7) is 0. The van der Waals surface area contributed by atoms with Gasteiger partial charge in [-0.3, -0.25) is 0 Å². The number of hydrogen-bond donors (Lipinski definition) is 0. The Labute approximate surface area is 83.1 Å². The van der Waals surface area contributed by atoms with E-state index in [1.807, 2.05) is 31.3 Å². The molecule has 0 atom stereocenters. The molecule has 0 unspecified atom stereocenters. The van der Waals surface area contributed by atoms with Gasteiger partial charge in [0.25, 0.3) is 0 Å². The van der Waals surface area contributed by atoms with Gasteiger partial charge in [0, 0.05) is 17.4 Å². The standard InChI is InChI=1S/CH4.2C.4Cr/h1H4;;;;;;/q;2*-1;;;;+2. The summed E-state index contributed by atoms with van der Waals surface area (Å²) in [5.41, 5.74) is 0. The molecule has 0 spiro atoms. The molecule has 0 aliphatic rings. The summed E-state index contributed by atoms with van der Waals surface area (Å²) >= 11 is 3.75. The average molecular weight is 248 g/mol.